The fourth-order valence-electron chi connectivity index (χ4n) is 2.37. The van der Waals surface area contributed by atoms with Gasteiger partial charge in [-0.3, -0.25) is 4.79 Å². The number of anilines is 1. The van der Waals surface area contributed by atoms with Crippen molar-refractivity contribution in [2.24, 2.45) is 0 Å². The van der Waals surface area contributed by atoms with Gasteiger partial charge in [0.1, 0.15) is 5.75 Å². The van der Waals surface area contributed by atoms with Crippen molar-refractivity contribution in [3.8, 4) is 5.75 Å². The predicted molar refractivity (Wildman–Crippen MR) is 74.3 cm³/mol. The Bertz CT molecular complexity index is 595. The monoisotopic (exact) mass is 253 g/mol. The molecule has 1 N–H and O–H groups in total. The second-order valence-corrected chi connectivity index (χ2v) is 4.68. The molecule has 1 aliphatic heterocycles. The highest BCUT2D eigenvalue weighted by Gasteiger charge is 2.33. The second kappa shape index (κ2) is 4.76. The topological polar surface area (TPSA) is 38.3 Å². The molecular formula is C16H15NO2. The second-order valence-electron chi connectivity index (χ2n) is 4.68. The van der Waals surface area contributed by atoms with Crippen LogP contribution in [0, 0.1) is 0 Å². The van der Waals surface area contributed by atoms with Gasteiger partial charge < -0.3 is 10.1 Å². The summed E-state index contributed by atoms with van der Waals surface area (Å²) in [6, 6.07) is 17.4. The van der Waals surface area contributed by atoms with Crippen LogP contribution in [0.1, 0.15) is 18.5 Å². The van der Waals surface area contributed by atoms with E-state index in [0.717, 1.165) is 17.0 Å². The molecule has 0 radical (unpaired) electrons. The molecule has 3 nitrogen and oxygen atoms in total. The lowest BCUT2D eigenvalue weighted by Gasteiger charge is -2.34. The quantitative estimate of drug-likeness (QED) is 0.893. The van der Waals surface area contributed by atoms with Gasteiger partial charge in [-0.25, -0.2) is 0 Å². The molecule has 19 heavy (non-hydrogen) atoms. The van der Waals surface area contributed by atoms with Crippen molar-refractivity contribution in [2.45, 2.75) is 19.1 Å². The fourth-order valence-corrected chi connectivity index (χ4v) is 2.37. The van der Waals surface area contributed by atoms with Gasteiger partial charge in [0, 0.05) is 0 Å². The van der Waals surface area contributed by atoms with Crippen LogP contribution >= 0.6 is 0 Å². The molecule has 0 saturated heterocycles. The van der Waals surface area contributed by atoms with Crippen molar-refractivity contribution in [1.82, 2.24) is 0 Å². The van der Waals surface area contributed by atoms with Crippen LogP contribution in [0.2, 0.25) is 0 Å². The van der Waals surface area contributed by atoms with E-state index in [0.29, 0.717) is 0 Å². The summed E-state index contributed by atoms with van der Waals surface area (Å²) in [6.07, 6.45) is -0.489. The zero-order valence-corrected chi connectivity index (χ0v) is 10.7. The van der Waals surface area contributed by atoms with Crippen molar-refractivity contribution in [3.05, 3.63) is 60.2 Å². The highest BCUT2D eigenvalue weighted by molar-refractivity contribution is 5.84. The van der Waals surface area contributed by atoms with E-state index in [1.165, 1.54) is 0 Å². The summed E-state index contributed by atoms with van der Waals surface area (Å²) in [5, 5.41) is 3.40. The molecule has 0 amide bonds. The number of benzene rings is 2. The van der Waals surface area contributed by atoms with Gasteiger partial charge >= 0.3 is 0 Å². The number of para-hydroxylation sites is 2. The number of hydrogen-bond acceptors (Lipinski definition) is 3. The summed E-state index contributed by atoms with van der Waals surface area (Å²) >= 11 is 0. The van der Waals surface area contributed by atoms with E-state index in [-0.39, 0.29) is 11.8 Å². The normalized spacial score (nSPS) is 20.9. The number of fused-ring (bicyclic) bond motifs is 1. The maximum absolute atomic E-state index is 11.8. The average Bonchev–Trinajstić information content (AvgIpc) is 2.46. The van der Waals surface area contributed by atoms with Crippen LogP contribution in [-0.2, 0) is 4.79 Å². The van der Waals surface area contributed by atoms with E-state index in [1.807, 2.05) is 54.6 Å². The first-order valence-electron chi connectivity index (χ1n) is 6.33. The SMILES string of the molecule is CC(=O)C1Oc2ccccc2NC1c1ccccc1. The highest BCUT2D eigenvalue weighted by atomic mass is 16.5. The van der Waals surface area contributed by atoms with Gasteiger partial charge in [0.2, 0.25) is 0 Å². The Morgan fingerprint density at radius 1 is 1.05 bits per heavy atom. The number of carbonyl (C=O) groups excluding carboxylic acids is 1. The highest BCUT2D eigenvalue weighted by Crippen LogP contribution is 2.37. The molecule has 2 aromatic rings. The van der Waals surface area contributed by atoms with Crippen molar-refractivity contribution in [3.63, 3.8) is 0 Å². The molecule has 0 spiro atoms. The van der Waals surface area contributed by atoms with E-state index in [9.17, 15) is 4.79 Å². The summed E-state index contributed by atoms with van der Waals surface area (Å²) in [5.41, 5.74) is 1.98. The van der Waals surface area contributed by atoms with Crippen molar-refractivity contribution in [1.29, 1.82) is 0 Å². The zero-order valence-electron chi connectivity index (χ0n) is 10.7. The molecular weight excluding hydrogens is 238 g/mol. The minimum absolute atomic E-state index is 0.0239. The Labute approximate surface area is 112 Å². The molecule has 2 unspecified atom stereocenters. The van der Waals surface area contributed by atoms with E-state index in [2.05, 4.69) is 5.32 Å². The number of nitrogens with one attached hydrogen (secondary N) is 1. The molecule has 1 aliphatic rings. The first-order valence-corrected chi connectivity index (χ1v) is 6.33. The van der Waals surface area contributed by atoms with Gasteiger partial charge in [0.25, 0.3) is 0 Å². The van der Waals surface area contributed by atoms with Gasteiger partial charge in [-0.05, 0) is 24.6 Å². The minimum Gasteiger partial charge on any atom is -0.478 e. The van der Waals surface area contributed by atoms with Crippen LogP contribution in [0.4, 0.5) is 5.69 Å². The fraction of sp³-hybridized carbons (Fsp3) is 0.188. The molecule has 1 heterocycles. The number of hydrogen-bond donors (Lipinski definition) is 1. The van der Waals surface area contributed by atoms with Crippen LogP contribution in [0.15, 0.2) is 54.6 Å². The smallest absolute Gasteiger partial charge is 0.180 e. The third-order valence-electron chi connectivity index (χ3n) is 3.31. The summed E-state index contributed by atoms with van der Waals surface area (Å²) in [7, 11) is 0. The van der Waals surface area contributed by atoms with Gasteiger partial charge in [0.15, 0.2) is 11.9 Å². The van der Waals surface area contributed by atoms with Crippen LogP contribution < -0.4 is 10.1 Å². The molecule has 0 fully saturated rings. The summed E-state index contributed by atoms with van der Waals surface area (Å²) in [6.45, 7) is 1.57. The van der Waals surface area contributed by atoms with E-state index >= 15 is 0 Å². The number of Topliss-reactive ketones (excluding diaryl/α,β-unsaturated/α-hetero) is 1. The van der Waals surface area contributed by atoms with Crippen LogP contribution in [-0.4, -0.2) is 11.9 Å². The average molecular weight is 253 g/mol. The number of ketones is 1. The summed E-state index contributed by atoms with van der Waals surface area (Å²) in [4.78, 5) is 11.8. The van der Waals surface area contributed by atoms with Crippen LogP contribution in [0.25, 0.3) is 0 Å². The molecule has 0 saturated carbocycles. The van der Waals surface area contributed by atoms with Gasteiger partial charge in [-0.15, -0.1) is 0 Å². The molecule has 96 valence electrons. The lowest BCUT2D eigenvalue weighted by molar-refractivity contribution is -0.124. The largest absolute Gasteiger partial charge is 0.478 e. The standard InChI is InChI=1S/C16H15NO2/c1-11(18)16-15(12-7-3-2-4-8-12)17-13-9-5-6-10-14(13)19-16/h2-10,15-17H,1H3. The third-order valence-corrected chi connectivity index (χ3v) is 3.31. The lowest BCUT2D eigenvalue weighted by Crippen LogP contribution is -2.39. The molecule has 0 aliphatic carbocycles. The Morgan fingerprint density at radius 2 is 1.74 bits per heavy atom. The Kier molecular flexibility index (Phi) is 2.95. The Hall–Kier alpha value is -2.29. The van der Waals surface area contributed by atoms with E-state index < -0.39 is 6.10 Å². The Balaban J connectivity index is 2.01. The Morgan fingerprint density at radius 3 is 2.47 bits per heavy atom. The number of carbonyl (C=O) groups is 1. The molecule has 3 rings (SSSR count). The van der Waals surface area contributed by atoms with E-state index in [4.69, 9.17) is 4.74 Å². The van der Waals surface area contributed by atoms with Crippen molar-refractivity contribution in [2.75, 3.05) is 5.32 Å². The van der Waals surface area contributed by atoms with E-state index in [1.54, 1.807) is 6.92 Å². The van der Waals surface area contributed by atoms with Gasteiger partial charge in [0.05, 0.1) is 11.7 Å². The molecule has 0 aromatic heterocycles. The minimum atomic E-state index is -0.489. The van der Waals surface area contributed by atoms with Gasteiger partial charge in [-0.1, -0.05) is 42.5 Å². The molecule has 3 heteroatoms. The first kappa shape index (κ1) is 11.8. The molecule has 0 bridgehead atoms. The predicted octanol–water partition coefficient (Wildman–Crippen LogP) is 3.19. The maximum Gasteiger partial charge on any atom is 0.180 e. The molecule has 2 aromatic carbocycles. The van der Waals surface area contributed by atoms with Gasteiger partial charge in [-0.2, -0.15) is 0 Å². The zero-order chi connectivity index (χ0) is 13.2. The maximum atomic E-state index is 11.8. The summed E-state index contributed by atoms with van der Waals surface area (Å²) in [5.74, 6) is 0.755. The molecule has 2 atom stereocenters. The van der Waals surface area contributed by atoms with Crippen molar-refractivity contribution >= 4 is 11.5 Å². The number of rotatable bonds is 2. The lowest BCUT2D eigenvalue weighted by atomic mass is 9.97. The summed E-state index contributed by atoms with van der Waals surface area (Å²) < 4.78 is 5.85. The van der Waals surface area contributed by atoms with Crippen LogP contribution in [0.5, 0.6) is 5.75 Å². The first-order chi connectivity index (χ1) is 9.25. The third kappa shape index (κ3) is 2.19. The van der Waals surface area contributed by atoms with Crippen LogP contribution in [0.3, 0.4) is 0 Å². The number of ether oxygens (including phenoxy) is 1. The van der Waals surface area contributed by atoms with Crippen molar-refractivity contribution < 1.29 is 9.53 Å².